The molecule has 0 N–H and O–H groups in total. The number of rotatable bonds is 4. The zero-order chi connectivity index (χ0) is 20.5. The number of carbonyl (C=O) groups is 1. The monoisotopic (exact) mass is 407 g/mol. The Labute approximate surface area is 169 Å². The van der Waals surface area contributed by atoms with Crippen LogP contribution in [0.4, 0.5) is 0 Å². The van der Waals surface area contributed by atoms with Gasteiger partial charge in [0.15, 0.2) is 0 Å². The standard InChI is InChI=1S/C21H33N3O3S/c1-16-8-9-17(2)20(14-16)28(26,27)23-12-10-22(11-13-23)15-21(25)24-18(3)6-5-7-19(24)4/h8-9,14,18-19H,5-7,10-13,15H2,1-4H3/t18-,19-/m0/s1. The van der Waals surface area contributed by atoms with Crippen molar-refractivity contribution in [1.82, 2.24) is 14.1 Å². The molecule has 0 bridgehead atoms. The number of piperazine rings is 1. The fourth-order valence-corrected chi connectivity index (χ4v) is 6.17. The van der Waals surface area contributed by atoms with Gasteiger partial charge in [0.05, 0.1) is 11.4 Å². The molecule has 156 valence electrons. The minimum atomic E-state index is -3.49. The molecule has 2 fully saturated rings. The third-order valence-corrected chi connectivity index (χ3v) is 8.17. The molecule has 2 aliphatic heterocycles. The summed E-state index contributed by atoms with van der Waals surface area (Å²) in [6, 6.07) is 6.13. The van der Waals surface area contributed by atoms with Crippen LogP contribution in [0.15, 0.2) is 23.1 Å². The molecule has 1 aromatic rings. The van der Waals surface area contributed by atoms with Crippen LogP contribution in [0.1, 0.15) is 44.2 Å². The second kappa shape index (κ2) is 8.51. The molecular formula is C21H33N3O3S. The van der Waals surface area contributed by atoms with E-state index in [1.807, 2.05) is 30.9 Å². The van der Waals surface area contributed by atoms with E-state index in [1.165, 1.54) is 6.42 Å². The van der Waals surface area contributed by atoms with E-state index in [2.05, 4.69) is 18.7 Å². The topological polar surface area (TPSA) is 60.9 Å². The molecule has 0 aliphatic carbocycles. The smallest absolute Gasteiger partial charge is 0.243 e. The average molecular weight is 408 g/mol. The summed E-state index contributed by atoms with van der Waals surface area (Å²) in [6.45, 7) is 10.4. The molecular weight excluding hydrogens is 374 g/mol. The number of benzene rings is 1. The second-order valence-corrected chi connectivity index (χ2v) is 10.3. The van der Waals surface area contributed by atoms with Crippen molar-refractivity contribution in [3.8, 4) is 0 Å². The maximum Gasteiger partial charge on any atom is 0.243 e. The number of piperidine rings is 1. The van der Waals surface area contributed by atoms with Crippen LogP contribution >= 0.6 is 0 Å². The third kappa shape index (κ3) is 4.42. The number of hydrogen-bond acceptors (Lipinski definition) is 4. The largest absolute Gasteiger partial charge is 0.336 e. The van der Waals surface area contributed by atoms with Gasteiger partial charge in [0.2, 0.25) is 15.9 Å². The van der Waals surface area contributed by atoms with Crippen LogP contribution in [-0.4, -0.2) is 73.2 Å². The number of nitrogens with zero attached hydrogens (tertiary/aromatic N) is 3. The fraction of sp³-hybridized carbons (Fsp3) is 0.667. The molecule has 7 heteroatoms. The lowest BCUT2D eigenvalue weighted by Gasteiger charge is -2.41. The molecule has 1 amide bonds. The minimum absolute atomic E-state index is 0.172. The van der Waals surface area contributed by atoms with Gasteiger partial charge in [-0.3, -0.25) is 9.69 Å². The highest BCUT2D eigenvalue weighted by molar-refractivity contribution is 7.89. The van der Waals surface area contributed by atoms with Gasteiger partial charge in [0, 0.05) is 38.3 Å². The number of aryl methyl sites for hydroxylation is 2. The van der Waals surface area contributed by atoms with Crippen molar-refractivity contribution in [2.24, 2.45) is 0 Å². The minimum Gasteiger partial charge on any atom is -0.336 e. The summed E-state index contributed by atoms with van der Waals surface area (Å²) in [5.41, 5.74) is 1.72. The first kappa shape index (κ1) is 21.3. The van der Waals surface area contributed by atoms with E-state index in [1.54, 1.807) is 10.4 Å². The summed E-state index contributed by atoms with van der Waals surface area (Å²) in [5, 5.41) is 0. The Balaban J connectivity index is 1.61. The van der Waals surface area contributed by atoms with Crippen LogP contribution in [0.3, 0.4) is 0 Å². The van der Waals surface area contributed by atoms with Gasteiger partial charge >= 0.3 is 0 Å². The van der Waals surface area contributed by atoms with E-state index in [4.69, 9.17) is 0 Å². The van der Waals surface area contributed by atoms with Gasteiger partial charge in [-0.2, -0.15) is 4.31 Å². The Kier molecular flexibility index (Phi) is 6.47. The molecule has 6 nitrogen and oxygen atoms in total. The molecule has 2 heterocycles. The Bertz CT molecular complexity index is 806. The Morgan fingerprint density at radius 2 is 1.64 bits per heavy atom. The molecule has 3 rings (SSSR count). The zero-order valence-electron chi connectivity index (χ0n) is 17.5. The number of sulfonamides is 1. The molecule has 0 unspecified atom stereocenters. The van der Waals surface area contributed by atoms with Crippen molar-refractivity contribution in [2.45, 2.75) is 63.9 Å². The van der Waals surface area contributed by atoms with Crippen LogP contribution < -0.4 is 0 Å². The van der Waals surface area contributed by atoms with Crippen molar-refractivity contribution in [3.05, 3.63) is 29.3 Å². The highest BCUT2D eigenvalue weighted by Crippen LogP contribution is 2.24. The maximum atomic E-state index is 13.1. The Hall–Kier alpha value is -1.44. The van der Waals surface area contributed by atoms with E-state index < -0.39 is 10.0 Å². The predicted octanol–water partition coefficient (Wildman–Crippen LogP) is 2.40. The van der Waals surface area contributed by atoms with Crippen molar-refractivity contribution in [3.63, 3.8) is 0 Å². The molecule has 0 spiro atoms. The molecule has 28 heavy (non-hydrogen) atoms. The van der Waals surface area contributed by atoms with E-state index in [9.17, 15) is 13.2 Å². The molecule has 2 saturated heterocycles. The van der Waals surface area contributed by atoms with Gasteiger partial charge in [-0.15, -0.1) is 0 Å². The van der Waals surface area contributed by atoms with Crippen molar-refractivity contribution < 1.29 is 13.2 Å². The predicted molar refractivity (Wildman–Crippen MR) is 111 cm³/mol. The van der Waals surface area contributed by atoms with Crippen LogP contribution in [0, 0.1) is 13.8 Å². The van der Waals surface area contributed by atoms with E-state index >= 15 is 0 Å². The molecule has 1 aromatic carbocycles. The van der Waals surface area contributed by atoms with Gasteiger partial charge in [0.25, 0.3) is 0 Å². The van der Waals surface area contributed by atoms with Crippen LogP contribution in [0.25, 0.3) is 0 Å². The second-order valence-electron chi connectivity index (χ2n) is 8.38. The first-order valence-corrected chi connectivity index (χ1v) is 11.7. The maximum absolute atomic E-state index is 13.1. The van der Waals surface area contributed by atoms with Crippen LogP contribution in [-0.2, 0) is 14.8 Å². The molecule has 2 aliphatic rings. The van der Waals surface area contributed by atoms with E-state index in [0.29, 0.717) is 49.7 Å². The quantitative estimate of drug-likeness (QED) is 0.769. The summed E-state index contributed by atoms with van der Waals surface area (Å²) in [6.07, 6.45) is 3.32. The Morgan fingerprint density at radius 1 is 1.04 bits per heavy atom. The van der Waals surface area contributed by atoms with Gasteiger partial charge in [-0.05, 0) is 64.2 Å². The van der Waals surface area contributed by atoms with Gasteiger partial charge in [-0.1, -0.05) is 12.1 Å². The van der Waals surface area contributed by atoms with Crippen molar-refractivity contribution in [1.29, 1.82) is 0 Å². The van der Waals surface area contributed by atoms with Crippen LogP contribution in [0.5, 0.6) is 0 Å². The number of carbonyl (C=O) groups excluding carboxylic acids is 1. The van der Waals surface area contributed by atoms with Gasteiger partial charge in [-0.25, -0.2) is 8.42 Å². The van der Waals surface area contributed by atoms with Gasteiger partial charge < -0.3 is 4.90 Å². The number of hydrogen-bond donors (Lipinski definition) is 0. The number of likely N-dealkylation sites (tertiary alicyclic amines) is 1. The normalized spacial score (nSPS) is 25.1. The van der Waals surface area contributed by atoms with Crippen molar-refractivity contribution >= 4 is 15.9 Å². The Morgan fingerprint density at radius 3 is 2.25 bits per heavy atom. The van der Waals surface area contributed by atoms with E-state index in [0.717, 1.165) is 24.0 Å². The summed E-state index contributed by atoms with van der Waals surface area (Å²) in [4.78, 5) is 17.3. The van der Waals surface area contributed by atoms with Crippen LogP contribution in [0.2, 0.25) is 0 Å². The lowest BCUT2D eigenvalue weighted by atomic mass is 9.97. The van der Waals surface area contributed by atoms with Gasteiger partial charge in [0.1, 0.15) is 0 Å². The highest BCUT2D eigenvalue weighted by Gasteiger charge is 2.33. The fourth-order valence-electron chi connectivity index (χ4n) is 4.44. The molecule has 0 radical (unpaired) electrons. The number of amides is 1. The first-order valence-electron chi connectivity index (χ1n) is 10.3. The summed E-state index contributed by atoms with van der Waals surface area (Å²) < 4.78 is 27.7. The third-order valence-electron chi connectivity index (χ3n) is 6.13. The highest BCUT2D eigenvalue weighted by atomic mass is 32.2. The summed E-state index contributed by atoms with van der Waals surface area (Å²) >= 11 is 0. The first-order chi connectivity index (χ1) is 13.2. The SMILES string of the molecule is Cc1ccc(C)c(S(=O)(=O)N2CCN(CC(=O)N3[C@@H](C)CCC[C@@H]3C)CC2)c1. The molecule has 0 aromatic heterocycles. The molecule has 2 atom stereocenters. The van der Waals surface area contributed by atoms with Crippen molar-refractivity contribution in [2.75, 3.05) is 32.7 Å². The zero-order valence-corrected chi connectivity index (χ0v) is 18.3. The lowest BCUT2D eigenvalue weighted by molar-refractivity contribution is -0.138. The summed E-state index contributed by atoms with van der Waals surface area (Å²) in [7, 11) is -3.49. The lowest BCUT2D eigenvalue weighted by Crippen LogP contribution is -2.54. The van der Waals surface area contributed by atoms with E-state index in [-0.39, 0.29) is 5.91 Å². The average Bonchev–Trinajstić information content (AvgIpc) is 2.64. The summed E-state index contributed by atoms with van der Waals surface area (Å²) in [5.74, 6) is 0.172. The molecule has 0 saturated carbocycles.